The van der Waals surface area contributed by atoms with Crippen LogP contribution in [-0.2, 0) is 9.53 Å². The first-order chi connectivity index (χ1) is 18.3. The minimum absolute atomic E-state index is 0.0614. The quantitative estimate of drug-likeness (QED) is 0.224. The van der Waals surface area contributed by atoms with E-state index in [1.807, 2.05) is 13.8 Å². The van der Waals surface area contributed by atoms with E-state index in [9.17, 15) is 22.8 Å². The number of allylic oxidation sites excluding steroid dienone is 1. The third-order valence-corrected chi connectivity index (χ3v) is 8.08. The minimum atomic E-state index is -4.98. The lowest BCUT2D eigenvalue weighted by Gasteiger charge is -2.26. The normalized spacial score (nSPS) is 15.8. The van der Waals surface area contributed by atoms with Gasteiger partial charge in [-0.2, -0.15) is 13.2 Å². The molecule has 0 saturated heterocycles. The van der Waals surface area contributed by atoms with Crippen LogP contribution in [0.25, 0.3) is 6.08 Å². The highest BCUT2D eigenvalue weighted by Gasteiger charge is 2.45. The molecule has 0 unspecified atom stereocenters. The van der Waals surface area contributed by atoms with Gasteiger partial charge in [0.25, 0.3) is 5.56 Å². The van der Waals surface area contributed by atoms with Gasteiger partial charge in [0.15, 0.2) is 10.5 Å². The van der Waals surface area contributed by atoms with Crippen molar-refractivity contribution in [3.05, 3.63) is 91.5 Å². The van der Waals surface area contributed by atoms with Crippen LogP contribution in [0.1, 0.15) is 37.9 Å². The van der Waals surface area contributed by atoms with Crippen molar-refractivity contribution < 1.29 is 27.4 Å². The summed E-state index contributed by atoms with van der Waals surface area (Å²) in [5.74, 6) is -0.567. The van der Waals surface area contributed by atoms with Crippen LogP contribution in [0, 0.1) is 3.57 Å². The topological polar surface area (TPSA) is 69.9 Å². The summed E-state index contributed by atoms with van der Waals surface area (Å²) in [5, 5.41) is 0.342. The highest BCUT2D eigenvalue weighted by atomic mass is 127. The lowest BCUT2D eigenvalue weighted by atomic mass is 9.95. The standard InChI is InChI=1S/C26H20BrClF3IN2O4S/c1-4-37-24(36)19-20(14-5-7-15(28)8-6-14)34-23(35)18(39-25(34)33-22(19)26(29,30)31)11-13-9-16(27)21(17(32)10-13)38-12(2)3/h5-12,20H,4H2,1-3H3/b18-11-/t20-/m1/s1. The molecule has 3 aromatic rings. The third kappa shape index (κ3) is 6.28. The molecular formula is C26H20BrClF3IN2O4S. The summed E-state index contributed by atoms with van der Waals surface area (Å²) in [6.45, 7) is 5.12. The number of rotatable bonds is 6. The number of thiazole rings is 1. The minimum Gasteiger partial charge on any atom is -0.489 e. The van der Waals surface area contributed by atoms with E-state index in [0.717, 1.165) is 19.5 Å². The fourth-order valence-corrected chi connectivity index (χ4v) is 6.81. The molecule has 0 bridgehead atoms. The van der Waals surface area contributed by atoms with E-state index in [-0.39, 0.29) is 27.6 Å². The monoisotopic (exact) mass is 754 g/mol. The van der Waals surface area contributed by atoms with E-state index in [1.54, 1.807) is 18.2 Å². The fourth-order valence-electron chi connectivity index (χ4n) is 3.96. The van der Waals surface area contributed by atoms with E-state index in [2.05, 4.69) is 43.5 Å². The first-order valence-corrected chi connectivity index (χ1v) is 14.6. The van der Waals surface area contributed by atoms with Gasteiger partial charge in [-0.3, -0.25) is 9.36 Å². The van der Waals surface area contributed by atoms with Gasteiger partial charge in [-0.25, -0.2) is 9.79 Å². The molecule has 206 valence electrons. The maximum absolute atomic E-state index is 14.2. The van der Waals surface area contributed by atoms with E-state index < -0.39 is 35.0 Å². The number of nitrogens with zero attached hydrogens (tertiary/aromatic N) is 2. The van der Waals surface area contributed by atoms with Crippen molar-refractivity contribution in [1.29, 1.82) is 0 Å². The molecule has 0 radical (unpaired) electrons. The predicted octanol–water partition coefficient (Wildman–Crippen LogP) is 6.15. The molecule has 0 N–H and O–H groups in total. The van der Waals surface area contributed by atoms with Crippen LogP contribution in [0.4, 0.5) is 13.2 Å². The lowest BCUT2D eigenvalue weighted by molar-refractivity contribution is -0.140. The van der Waals surface area contributed by atoms with Gasteiger partial charge in [0, 0.05) is 5.02 Å². The van der Waals surface area contributed by atoms with Crippen molar-refractivity contribution in [2.24, 2.45) is 4.99 Å². The molecule has 0 spiro atoms. The molecule has 39 heavy (non-hydrogen) atoms. The highest BCUT2D eigenvalue weighted by Crippen LogP contribution is 2.38. The molecular weight excluding hydrogens is 736 g/mol. The predicted molar refractivity (Wildman–Crippen MR) is 155 cm³/mol. The van der Waals surface area contributed by atoms with Crippen LogP contribution >= 0.6 is 61.5 Å². The summed E-state index contributed by atoms with van der Waals surface area (Å²) in [6.07, 6.45) is -3.47. The zero-order valence-electron chi connectivity index (χ0n) is 20.6. The average Bonchev–Trinajstić information content (AvgIpc) is 3.15. The molecule has 13 heteroatoms. The third-order valence-electron chi connectivity index (χ3n) is 5.45. The van der Waals surface area contributed by atoms with Gasteiger partial charge in [0.05, 0.1) is 36.9 Å². The number of halogens is 6. The number of hydrogen-bond acceptors (Lipinski definition) is 6. The van der Waals surface area contributed by atoms with E-state index in [1.165, 1.54) is 31.2 Å². The molecule has 0 saturated carbocycles. The van der Waals surface area contributed by atoms with E-state index in [0.29, 0.717) is 20.8 Å². The summed E-state index contributed by atoms with van der Waals surface area (Å²) in [5.41, 5.74) is -1.90. The van der Waals surface area contributed by atoms with Crippen molar-refractivity contribution in [2.45, 2.75) is 39.1 Å². The Bertz CT molecular complexity index is 1630. The second-order valence-electron chi connectivity index (χ2n) is 8.60. The van der Waals surface area contributed by atoms with Gasteiger partial charge < -0.3 is 9.47 Å². The maximum atomic E-state index is 14.2. The van der Waals surface area contributed by atoms with Crippen LogP contribution < -0.4 is 19.6 Å². The largest absolute Gasteiger partial charge is 0.489 e. The Hall–Kier alpha value is -2.16. The second-order valence-corrected chi connectivity index (χ2v) is 12.1. The number of benzene rings is 2. The van der Waals surface area contributed by atoms with Gasteiger partial charge in [-0.05, 0) is 101 Å². The molecule has 1 atom stereocenters. The average molecular weight is 756 g/mol. The molecule has 0 fully saturated rings. The fraction of sp³-hybridized carbons (Fsp3) is 0.269. The van der Waals surface area contributed by atoms with E-state index >= 15 is 0 Å². The Morgan fingerprint density at radius 2 is 1.95 bits per heavy atom. The number of alkyl halides is 3. The zero-order chi connectivity index (χ0) is 28.6. The van der Waals surface area contributed by atoms with Gasteiger partial charge in [-0.15, -0.1) is 0 Å². The number of carbonyl (C=O) groups excluding carboxylic acids is 1. The molecule has 2 aromatic carbocycles. The van der Waals surface area contributed by atoms with Crippen LogP contribution in [0.15, 0.2) is 61.9 Å². The highest BCUT2D eigenvalue weighted by molar-refractivity contribution is 14.1. The van der Waals surface area contributed by atoms with Crippen molar-refractivity contribution in [2.75, 3.05) is 6.61 Å². The molecule has 4 rings (SSSR count). The summed E-state index contributed by atoms with van der Waals surface area (Å²) < 4.78 is 56.1. The summed E-state index contributed by atoms with van der Waals surface area (Å²) in [6, 6.07) is 8.01. The zero-order valence-corrected chi connectivity index (χ0v) is 25.9. The Labute approximate surface area is 252 Å². The molecule has 0 aliphatic carbocycles. The lowest BCUT2D eigenvalue weighted by Crippen LogP contribution is -2.41. The van der Waals surface area contributed by atoms with Gasteiger partial charge in [-0.1, -0.05) is 35.1 Å². The van der Waals surface area contributed by atoms with Crippen LogP contribution in [-0.4, -0.2) is 29.4 Å². The van der Waals surface area contributed by atoms with Crippen molar-refractivity contribution in [3.8, 4) is 5.75 Å². The Morgan fingerprint density at radius 3 is 2.51 bits per heavy atom. The van der Waals surface area contributed by atoms with Crippen LogP contribution in [0.5, 0.6) is 5.75 Å². The Balaban J connectivity index is 1.99. The Kier molecular flexibility index (Phi) is 8.98. The number of fused-ring (bicyclic) bond motifs is 1. The first-order valence-electron chi connectivity index (χ1n) is 11.5. The summed E-state index contributed by atoms with van der Waals surface area (Å²) in [7, 11) is 0. The smallest absolute Gasteiger partial charge is 0.434 e. The number of esters is 1. The molecule has 1 aliphatic rings. The maximum Gasteiger partial charge on any atom is 0.434 e. The van der Waals surface area contributed by atoms with E-state index in [4.69, 9.17) is 21.1 Å². The summed E-state index contributed by atoms with van der Waals surface area (Å²) >= 11 is 12.4. The number of aromatic nitrogens is 1. The van der Waals surface area contributed by atoms with Crippen LogP contribution in [0.2, 0.25) is 5.02 Å². The van der Waals surface area contributed by atoms with Crippen molar-refractivity contribution >= 4 is 73.5 Å². The number of hydrogen-bond donors (Lipinski definition) is 0. The molecule has 0 amide bonds. The first kappa shape index (κ1) is 29.8. The molecule has 1 aromatic heterocycles. The van der Waals surface area contributed by atoms with Crippen molar-refractivity contribution in [3.63, 3.8) is 0 Å². The second kappa shape index (κ2) is 11.8. The summed E-state index contributed by atoms with van der Waals surface area (Å²) in [4.78, 5) is 30.2. The number of carbonyl (C=O) groups is 1. The molecule has 1 aliphatic heterocycles. The SMILES string of the molecule is CCOC(=O)C1=C(C(F)(F)F)N=c2s/c(=C\c3cc(Br)c(OC(C)C)c(I)c3)c(=O)n2[C@@H]1c1ccc(Cl)cc1. The van der Waals surface area contributed by atoms with Gasteiger partial charge >= 0.3 is 12.1 Å². The molecule has 6 nitrogen and oxygen atoms in total. The van der Waals surface area contributed by atoms with Crippen molar-refractivity contribution in [1.82, 2.24) is 4.57 Å². The number of ether oxygens (including phenoxy) is 2. The Morgan fingerprint density at radius 1 is 1.28 bits per heavy atom. The van der Waals surface area contributed by atoms with Gasteiger partial charge in [0.1, 0.15) is 5.75 Å². The van der Waals surface area contributed by atoms with Gasteiger partial charge in [0.2, 0.25) is 0 Å². The molecule has 2 heterocycles. The van der Waals surface area contributed by atoms with Crippen LogP contribution in [0.3, 0.4) is 0 Å².